The van der Waals surface area contributed by atoms with Crippen molar-refractivity contribution in [3.8, 4) is 11.5 Å². The highest BCUT2D eigenvalue weighted by Gasteiger charge is 2.35. The largest absolute Gasteiger partial charge is 0.493 e. The highest BCUT2D eigenvalue weighted by Crippen LogP contribution is 2.42. The third-order valence-electron chi connectivity index (χ3n) is 4.67. The van der Waals surface area contributed by atoms with E-state index in [1.807, 2.05) is 35.7 Å². The van der Waals surface area contributed by atoms with Crippen molar-refractivity contribution in [1.29, 1.82) is 0 Å². The first-order valence-electron chi connectivity index (χ1n) is 9.37. The molecule has 3 rings (SSSR count). The normalized spacial score (nSPS) is 15.6. The van der Waals surface area contributed by atoms with E-state index in [-0.39, 0.29) is 30.1 Å². The van der Waals surface area contributed by atoms with Crippen LogP contribution in [0.5, 0.6) is 11.5 Å². The minimum atomic E-state index is -0.291. The SMILES string of the molecule is COC(=O)CCSCC(=O)N1N=C(c2cccs2)C[C@H]1c1cccc(OC)c1OC. The first kappa shape index (κ1) is 22.2. The molecule has 9 heteroatoms. The zero-order valence-electron chi connectivity index (χ0n) is 17.1. The number of para-hydroxylation sites is 1. The summed E-state index contributed by atoms with van der Waals surface area (Å²) in [4.78, 5) is 25.3. The van der Waals surface area contributed by atoms with Crippen molar-refractivity contribution < 1.29 is 23.8 Å². The average molecular weight is 449 g/mol. The van der Waals surface area contributed by atoms with Crippen molar-refractivity contribution in [3.05, 3.63) is 46.2 Å². The number of esters is 1. The van der Waals surface area contributed by atoms with E-state index in [0.717, 1.165) is 16.2 Å². The number of carbonyl (C=O) groups is 2. The van der Waals surface area contributed by atoms with E-state index in [1.54, 1.807) is 25.6 Å². The Morgan fingerprint density at radius 3 is 2.70 bits per heavy atom. The van der Waals surface area contributed by atoms with Crippen LogP contribution >= 0.6 is 23.1 Å². The Morgan fingerprint density at radius 1 is 1.20 bits per heavy atom. The molecule has 30 heavy (non-hydrogen) atoms. The maximum Gasteiger partial charge on any atom is 0.306 e. The fourth-order valence-electron chi connectivity index (χ4n) is 3.23. The van der Waals surface area contributed by atoms with E-state index < -0.39 is 0 Å². The fraction of sp³-hybridized carbons (Fsp3) is 0.381. The number of hydrogen-bond acceptors (Lipinski definition) is 8. The number of thiophene rings is 1. The summed E-state index contributed by atoms with van der Waals surface area (Å²) in [6.07, 6.45) is 0.855. The fourth-order valence-corrected chi connectivity index (χ4v) is 4.71. The summed E-state index contributed by atoms with van der Waals surface area (Å²) < 4.78 is 15.7. The first-order chi connectivity index (χ1) is 14.6. The van der Waals surface area contributed by atoms with Crippen LogP contribution in [0.2, 0.25) is 0 Å². The van der Waals surface area contributed by atoms with Crippen LogP contribution in [-0.2, 0) is 14.3 Å². The van der Waals surface area contributed by atoms with Crippen LogP contribution in [0, 0.1) is 0 Å². The molecule has 0 radical (unpaired) electrons. The van der Waals surface area contributed by atoms with Gasteiger partial charge >= 0.3 is 5.97 Å². The number of methoxy groups -OCH3 is 3. The molecule has 7 nitrogen and oxygen atoms in total. The molecule has 1 aromatic heterocycles. The topological polar surface area (TPSA) is 77.4 Å². The molecule has 160 valence electrons. The summed E-state index contributed by atoms with van der Waals surface area (Å²) in [7, 11) is 4.53. The third-order valence-corrected chi connectivity index (χ3v) is 6.53. The van der Waals surface area contributed by atoms with Gasteiger partial charge in [-0.25, -0.2) is 5.01 Å². The lowest BCUT2D eigenvalue weighted by Gasteiger charge is -2.24. The number of hydrazone groups is 1. The molecule has 0 N–H and O–H groups in total. The number of benzene rings is 1. The molecule has 1 aliphatic heterocycles. The van der Waals surface area contributed by atoms with Gasteiger partial charge in [0.2, 0.25) is 0 Å². The molecule has 0 aliphatic carbocycles. The molecule has 0 bridgehead atoms. The number of carbonyl (C=O) groups excluding carboxylic acids is 2. The van der Waals surface area contributed by atoms with Crippen molar-refractivity contribution in [3.63, 3.8) is 0 Å². The van der Waals surface area contributed by atoms with Crippen molar-refractivity contribution in [2.75, 3.05) is 32.8 Å². The standard InChI is InChI=1S/C21H24N2O5S2/c1-26-17-7-4-6-14(21(17)28-3)16-12-15(18-8-5-10-30-18)22-23(16)19(24)13-29-11-9-20(25)27-2/h4-8,10,16H,9,11-13H2,1-3H3/t16-/m0/s1. The summed E-state index contributed by atoms with van der Waals surface area (Å²) >= 11 is 2.99. The second-order valence-electron chi connectivity index (χ2n) is 6.44. The lowest BCUT2D eigenvalue weighted by atomic mass is 9.99. The molecule has 1 aliphatic rings. The Kier molecular flexibility index (Phi) is 7.75. The Labute approximate surface area is 184 Å². The number of hydrogen-bond donors (Lipinski definition) is 0. The van der Waals surface area contributed by atoms with E-state index in [4.69, 9.17) is 9.47 Å². The molecule has 1 amide bonds. The highest BCUT2D eigenvalue weighted by molar-refractivity contribution is 7.99. The van der Waals surface area contributed by atoms with Crippen LogP contribution in [0.4, 0.5) is 0 Å². The number of rotatable bonds is 9. The smallest absolute Gasteiger partial charge is 0.306 e. The van der Waals surface area contributed by atoms with Gasteiger partial charge in [-0.3, -0.25) is 9.59 Å². The van der Waals surface area contributed by atoms with Gasteiger partial charge in [0.1, 0.15) is 0 Å². The lowest BCUT2D eigenvalue weighted by molar-refractivity contribution is -0.140. The van der Waals surface area contributed by atoms with E-state index in [2.05, 4.69) is 9.84 Å². The summed E-state index contributed by atoms with van der Waals surface area (Å²) in [5.41, 5.74) is 1.72. The van der Waals surface area contributed by atoms with Gasteiger partial charge in [0, 0.05) is 17.7 Å². The van der Waals surface area contributed by atoms with Crippen LogP contribution < -0.4 is 9.47 Å². The Balaban J connectivity index is 1.83. The van der Waals surface area contributed by atoms with Crippen LogP contribution in [0.15, 0.2) is 40.8 Å². The molecule has 1 aromatic carbocycles. The number of nitrogens with zero attached hydrogens (tertiary/aromatic N) is 2. The number of ether oxygens (including phenoxy) is 3. The van der Waals surface area contributed by atoms with Gasteiger partial charge in [-0.2, -0.15) is 16.9 Å². The average Bonchev–Trinajstić information content (AvgIpc) is 3.45. The molecule has 2 aromatic rings. The van der Waals surface area contributed by atoms with Gasteiger partial charge < -0.3 is 14.2 Å². The van der Waals surface area contributed by atoms with Gasteiger partial charge in [0.05, 0.1) is 50.1 Å². The maximum absolute atomic E-state index is 13.0. The predicted molar refractivity (Wildman–Crippen MR) is 119 cm³/mol. The van der Waals surface area contributed by atoms with Crippen molar-refractivity contribution >= 4 is 40.7 Å². The van der Waals surface area contributed by atoms with E-state index in [0.29, 0.717) is 23.7 Å². The van der Waals surface area contributed by atoms with Crippen LogP contribution in [-0.4, -0.2) is 55.4 Å². The zero-order valence-corrected chi connectivity index (χ0v) is 18.8. The number of amides is 1. The molecular weight excluding hydrogens is 424 g/mol. The molecule has 1 atom stereocenters. The van der Waals surface area contributed by atoms with Crippen LogP contribution in [0.25, 0.3) is 0 Å². The number of thioether (sulfide) groups is 1. The minimum Gasteiger partial charge on any atom is -0.493 e. The van der Waals surface area contributed by atoms with Crippen molar-refractivity contribution in [1.82, 2.24) is 5.01 Å². The van der Waals surface area contributed by atoms with E-state index in [9.17, 15) is 9.59 Å². The van der Waals surface area contributed by atoms with Gasteiger partial charge in [-0.05, 0) is 17.5 Å². The Bertz CT molecular complexity index is 914. The summed E-state index contributed by atoms with van der Waals surface area (Å²) in [6, 6.07) is 9.32. The maximum atomic E-state index is 13.0. The van der Waals surface area contributed by atoms with Crippen LogP contribution in [0.3, 0.4) is 0 Å². The lowest BCUT2D eigenvalue weighted by Crippen LogP contribution is -2.29. The van der Waals surface area contributed by atoms with Crippen molar-refractivity contribution in [2.45, 2.75) is 18.9 Å². The molecule has 0 unspecified atom stereocenters. The third kappa shape index (κ3) is 4.96. The predicted octanol–water partition coefficient (Wildman–Crippen LogP) is 3.74. The second kappa shape index (κ2) is 10.5. The summed E-state index contributed by atoms with van der Waals surface area (Å²) in [5, 5.41) is 8.19. The van der Waals surface area contributed by atoms with Gasteiger partial charge in [-0.15, -0.1) is 11.3 Å². The minimum absolute atomic E-state index is 0.119. The Morgan fingerprint density at radius 2 is 2.03 bits per heavy atom. The molecule has 0 saturated heterocycles. The van der Waals surface area contributed by atoms with Crippen LogP contribution in [0.1, 0.15) is 29.3 Å². The summed E-state index contributed by atoms with van der Waals surface area (Å²) in [5.74, 6) is 1.55. The van der Waals surface area contributed by atoms with E-state index in [1.165, 1.54) is 23.9 Å². The van der Waals surface area contributed by atoms with Gasteiger partial charge in [0.15, 0.2) is 11.5 Å². The van der Waals surface area contributed by atoms with E-state index >= 15 is 0 Å². The molecular formula is C21H24N2O5S2. The first-order valence-corrected chi connectivity index (χ1v) is 11.4. The van der Waals surface area contributed by atoms with Crippen molar-refractivity contribution in [2.24, 2.45) is 5.10 Å². The zero-order chi connectivity index (χ0) is 21.5. The van der Waals surface area contributed by atoms with Gasteiger partial charge in [-0.1, -0.05) is 18.2 Å². The Hall–Kier alpha value is -2.52. The second-order valence-corrected chi connectivity index (χ2v) is 8.50. The monoisotopic (exact) mass is 448 g/mol. The molecule has 0 spiro atoms. The quantitative estimate of drug-likeness (QED) is 0.430. The highest BCUT2D eigenvalue weighted by atomic mass is 32.2. The summed E-state index contributed by atoms with van der Waals surface area (Å²) in [6.45, 7) is 0. The van der Waals surface area contributed by atoms with Gasteiger partial charge in [0.25, 0.3) is 5.91 Å². The molecule has 0 fully saturated rings. The molecule has 2 heterocycles. The molecule has 0 saturated carbocycles.